The molecule has 1 aromatic rings. The van der Waals surface area contributed by atoms with Crippen LogP contribution in [0.1, 0.15) is 25.5 Å². The molecule has 1 aromatic heterocycles. The fourth-order valence-electron chi connectivity index (χ4n) is 1.75. The molecule has 0 spiro atoms. The molecule has 18 heavy (non-hydrogen) atoms. The Hall–Kier alpha value is -1.41. The van der Waals surface area contributed by atoms with Gasteiger partial charge in [0.05, 0.1) is 0 Å². The van der Waals surface area contributed by atoms with Gasteiger partial charge in [-0.3, -0.25) is 9.52 Å². The maximum atomic E-state index is 11.9. The van der Waals surface area contributed by atoms with Crippen LogP contribution in [0.5, 0.6) is 0 Å². The molecular weight excluding hydrogens is 260 g/mol. The molecular formula is C10H14N2O5S. The second kappa shape index (κ2) is 4.69. The average molecular weight is 274 g/mol. The van der Waals surface area contributed by atoms with Gasteiger partial charge in [-0.25, -0.2) is 8.42 Å². The van der Waals surface area contributed by atoms with E-state index in [4.69, 9.17) is 4.74 Å². The van der Waals surface area contributed by atoms with Crippen LogP contribution in [0.25, 0.3) is 0 Å². The van der Waals surface area contributed by atoms with Crippen molar-refractivity contribution in [1.29, 1.82) is 0 Å². The zero-order valence-electron chi connectivity index (χ0n) is 9.88. The van der Waals surface area contributed by atoms with Crippen molar-refractivity contribution < 1.29 is 22.5 Å². The van der Waals surface area contributed by atoms with Gasteiger partial charge in [0.25, 0.3) is 5.91 Å². The molecule has 1 unspecified atom stereocenters. The summed E-state index contributed by atoms with van der Waals surface area (Å²) in [5, 5.41) is 3.49. The molecule has 2 heterocycles. The van der Waals surface area contributed by atoms with E-state index in [0.29, 0.717) is 13.0 Å². The lowest BCUT2D eigenvalue weighted by Gasteiger charge is -2.21. The van der Waals surface area contributed by atoms with Crippen LogP contribution in [0.4, 0.5) is 0 Å². The van der Waals surface area contributed by atoms with Gasteiger partial charge in [-0.2, -0.15) is 0 Å². The molecule has 0 bridgehead atoms. The number of carbonyl (C=O) groups excluding carboxylic acids is 1. The molecule has 0 radical (unpaired) electrons. The van der Waals surface area contributed by atoms with Crippen molar-refractivity contribution in [3.63, 3.8) is 0 Å². The van der Waals surface area contributed by atoms with Crippen molar-refractivity contribution in [3.05, 3.63) is 18.0 Å². The fraction of sp³-hybridized carbons (Fsp3) is 0.600. The van der Waals surface area contributed by atoms with Gasteiger partial charge in [0.2, 0.25) is 10.0 Å². The maximum Gasteiger partial charge on any atom is 0.265 e. The van der Waals surface area contributed by atoms with Crippen molar-refractivity contribution in [3.8, 4) is 0 Å². The number of hydrogen-bond donors (Lipinski definition) is 1. The summed E-state index contributed by atoms with van der Waals surface area (Å²) in [7, 11) is -3.78. The first-order valence-electron chi connectivity index (χ1n) is 5.49. The highest BCUT2D eigenvalue weighted by atomic mass is 32.2. The number of nitrogens with zero attached hydrogens (tertiary/aromatic N) is 1. The first-order valence-corrected chi connectivity index (χ1v) is 7.15. The number of sulfonamides is 1. The monoisotopic (exact) mass is 274 g/mol. The largest absolute Gasteiger partial charge is 0.365 e. The van der Waals surface area contributed by atoms with Gasteiger partial charge >= 0.3 is 0 Å². The van der Waals surface area contributed by atoms with E-state index in [1.807, 2.05) is 4.72 Å². The van der Waals surface area contributed by atoms with Crippen LogP contribution in [0.15, 0.2) is 16.9 Å². The minimum Gasteiger partial charge on any atom is -0.365 e. The normalized spacial score (nSPS) is 24.1. The van der Waals surface area contributed by atoms with Crippen molar-refractivity contribution in [1.82, 2.24) is 9.88 Å². The molecule has 1 fully saturated rings. The minimum absolute atomic E-state index is 0.243. The van der Waals surface area contributed by atoms with Gasteiger partial charge in [-0.1, -0.05) is 5.16 Å². The number of nitrogens with one attached hydrogen (secondary N) is 1. The first kappa shape index (κ1) is 13.0. The summed E-state index contributed by atoms with van der Waals surface area (Å²) in [5.41, 5.74) is -0.815. The third-order valence-electron chi connectivity index (χ3n) is 2.78. The Labute approximate surface area is 105 Å². The lowest BCUT2D eigenvalue weighted by Crippen LogP contribution is -2.46. The standard InChI is InChI=1S/C10H14N2O5S/c1-10(4-2-5-16-10)9(13)12-18(14,15)7-8-3-6-17-11-8/h3,6H,2,4-5,7H2,1H3,(H,12,13). The molecule has 1 aliphatic rings. The Morgan fingerprint density at radius 2 is 2.39 bits per heavy atom. The predicted molar refractivity (Wildman–Crippen MR) is 60.9 cm³/mol. The molecule has 1 atom stereocenters. The third kappa shape index (κ3) is 2.88. The molecule has 1 N–H and O–H groups in total. The highest BCUT2D eigenvalue weighted by Crippen LogP contribution is 2.25. The molecule has 1 amide bonds. The number of hydrogen-bond acceptors (Lipinski definition) is 6. The van der Waals surface area contributed by atoms with Gasteiger partial charge in [0.15, 0.2) is 0 Å². The summed E-state index contributed by atoms with van der Waals surface area (Å²) in [6.07, 6.45) is 2.53. The van der Waals surface area contributed by atoms with Gasteiger partial charge in [-0.05, 0) is 19.8 Å². The van der Waals surface area contributed by atoms with E-state index < -0.39 is 27.3 Å². The van der Waals surface area contributed by atoms with E-state index >= 15 is 0 Å². The number of carbonyl (C=O) groups is 1. The number of ether oxygens (including phenoxy) is 1. The van der Waals surface area contributed by atoms with E-state index in [-0.39, 0.29) is 5.69 Å². The topological polar surface area (TPSA) is 98.5 Å². The van der Waals surface area contributed by atoms with E-state index in [1.165, 1.54) is 12.3 Å². The average Bonchev–Trinajstić information content (AvgIpc) is 2.89. The van der Waals surface area contributed by atoms with Crippen LogP contribution in [0, 0.1) is 0 Å². The Kier molecular flexibility index (Phi) is 3.40. The maximum absolute atomic E-state index is 11.9. The summed E-state index contributed by atoms with van der Waals surface area (Å²) >= 11 is 0. The summed E-state index contributed by atoms with van der Waals surface area (Å²) < 4.78 is 35.3. The SMILES string of the molecule is CC1(C(=O)NS(=O)(=O)Cc2ccon2)CCCO1. The number of amides is 1. The zero-order chi connectivity index (χ0) is 13.2. The van der Waals surface area contributed by atoms with Crippen molar-refractivity contribution in [2.45, 2.75) is 31.1 Å². The van der Waals surface area contributed by atoms with Gasteiger partial charge < -0.3 is 9.26 Å². The summed E-state index contributed by atoms with van der Waals surface area (Å²) in [6, 6.07) is 1.43. The van der Waals surface area contributed by atoms with Crippen LogP contribution in [0.3, 0.4) is 0 Å². The number of rotatable bonds is 4. The molecule has 0 aliphatic carbocycles. The molecule has 1 saturated heterocycles. The summed E-state index contributed by atoms with van der Waals surface area (Å²) in [4.78, 5) is 11.9. The highest BCUT2D eigenvalue weighted by Gasteiger charge is 2.39. The summed E-state index contributed by atoms with van der Waals surface area (Å²) in [5.74, 6) is -1.03. The second-order valence-corrected chi connectivity index (χ2v) is 6.09. The van der Waals surface area contributed by atoms with Crippen molar-refractivity contribution in [2.24, 2.45) is 0 Å². The minimum atomic E-state index is -3.78. The van der Waals surface area contributed by atoms with E-state index in [9.17, 15) is 13.2 Å². The van der Waals surface area contributed by atoms with Gasteiger partial charge in [-0.15, -0.1) is 0 Å². The van der Waals surface area contributed by atoms with Crippen molar-refractivity contribution >= 4 is 15.9 Å². The van der Waals surface area contributed by atoms with Crippen LogP contribution in [-0.2, 0) is 25.3 Å². The van der Waals surface area contributed by atoms with Crippen LogP contribution in [-0.4, -0.2) is 31.7 Å². The molecule has 100 valence electrons. The second-order valence-electron chi connectivity index (χ2n) is 4.36. The zero-order valence-corrected chi connectivity index (χ0v) is 10.7. The van der Waals surface area contributed by atoms with E-state index in [2.05, 4.69) is 9.68 Å². The third-order valence-corrected chi connectivity index (χ3v) is 3.95. The van der Waals surface area contributed by atoms with Crippen LogP contribution in [0.2, 0.25) is 0 Å². The molecule has 0 saturated carbocycles. The van der Waals surface area contributed by atoms with Gasteiger partial charge in [0, 0.05) is 12.7 Å². The van der Waals surface area contributed by atoms with Crippen molar-refractivity contribution in [2.75, 3.05) is 6.61 Å². The fourth-order valence-corrected chi connectivity index (χ4v) is 2.86. The van der Waals surface area contributed by atoms with Gasteiger partial charge in [0.1, 0.15) is 23.3 Å². The molecule has 0 aromatic carbocycles. The highest BCUT2D eigenvalue weighted by molar-refractivity contribution is 7.89. The molecule has 7 nitrogen and oxygen atoms in total. The molecule has 8 heteroatoms. The lowest BCUT2D eigenvalue weighted by molar-refractivity contribution is -0.137. The Morgan fingerprint density at radius 1 is 1.61 bits per heavy atom. The number of aromatic nitrogens is 1. The molecule has 1 aliphatic heterocycles. The van der Waals surface area contributed by atoms with Crippen LogP contribution >= 0.6 is 0 Å². The predicted octanol–water partition coefficient (Wildman–Crippen LogP) is 0.190. The summed E-state index contributed by atoms with van der Waals surface area (Å²) in [6.45, 7) is 2.05. The lowest BCUT2D eigenvalue weighted by atomic mass is 10.0. The van der Waals surface area contributed by atoms with E-state index in [1.54, 1.807) is 6.92 Å². The van der Waals surface area contributed by atoms with Crippen LogP contribution < -0.4 is 4.72 Å². The first-order chi connectivity index (χ1) is 8.41. The Morgan fingerprint density at radius 3 is 2.94 bits per heavy atom. The quantitative estimate of drug-likeness (QED) is 0.841. The Balaban J connectivity index is 2.02. The van der Waals surface area contributed by atoms with E-state index in [0.717, 1.165) is 6.42 Å². The Bertz CT molecular complexity index is 516. The smallest absolute Gasteiger partial charge is 0.265 e. The molecule has 2 rings (SSSR count).